The van der Waals surface area contributed by atoms with E-state index >= 15 is 0 Å². The smallest absolute Gasteiger partial charge is 0.429 e. The van der Waals surface area contributed by atoms with E-state index < -0.39 is 40.7 Å². The van der Waals surface area contributed by atoms with Gasteiger partial charge in [-0.15, -0.1) is 0 Å². The van der Waals surface area contributed by atoms with Gasteiger partial charge in [0, 0.05) is 30.1 Å². The third-order valence-electron chi connectivity index (χ3n) is 9.23. The van der Waals surface area contributed by atoms with Gasteiger partial charge >= 0.3 is 6.11 Å². The Balaban J connectivity index is 1.10. The molecule has 48 heavy (non-hydrogen) atoms. The summed E-state index contributed by atoms with van der Waals surface area (Å²) >= 11 is 0. The van der Waals surface area contributed by atoms with Crippen LogP contribution >= 0.6 is 0 Å². The summed E-state index contributed by atoms with van der Waals surface area (Å²) < 4.78 is 103. The van der Waals surface area contributed by atoms with Crippen molar-refractivity contribution in [3.8, 4) is 17.1 Å². The monoisotopic (exact) mass is 672 g/mol. The van der Waals surface area contributed by atoms with Crippen LogP contribution in [0.4, 0.5) is 30.7 Å². The topological polar surface area (TPSA) is 35.0 Å². The molecule has 0 amide bonds. The Hall–Kier alpha value is -3.95. The number of ether oxygens (including phenoxy) is 1. The molecule has 0 aliphatic heterocycles. The number of hydrogen-bond acceptors (Lipinski definition) is 3. The highest BCUT2D eigenvalue weighted by atomic mass is 19.3. The van der Waals surface area contributed by atoms with E-state index in [2.05, 4.69) is 21.6 Å². The van der Waals surface area contributed by atoms with Crippen molar-refractivity contribution in [1.29, 1.82) is 0 Å². The molecule has 0 N–H and O–H groups in total. The molecule has 1 aliphatic carbocycles. The molecule has 1 aliphatic rings. The van der Waals surface area contributed by atoms with Crippen molar-refractivity contribution in [2.75, 3.05) is 0 Å². The summed E-state index contributed by atoms with van der Waals surface area (Å²) in [7, 11) is 0. The van der Waals surface area contributed by atoms with Crippen LogP contribution in [0.25, 0.3) is 11.4 Å². The molecule has 0 saturated heterocycles. The number of halogens is 7. The van der Waals surface area contributed by atoms with Crippen LogP contribution in [0.3, 0.4) is 0 Å². The number of hydrogen-bond donors (Lipinski definition) is 0. The predicted octanol–water partition coefficient (Wildman–Crippen LogP) is 11.4. The maximum absolute atomic E-state index is 15.0. The van der Waals surface area contributed by atoms with Crippen molar-refractivity contribution in [3.63, 3.8) is 0 Å². The Morgan fingerprint density at radius 1 is 0.729 bits per heavy atom. The summed E-state index contributed by atoms with van der Waals surface area (Å²) in [5.74, 6) is -6.15. The molecule has 3 aromatic carbocycles. The van der Waals surface area contributed by atoms with E-state index in [1.54, 1.807) is 12.1 Å². The zero-order valence-electron chi connectivity index (χ0n) is 26.9. The van der Waals surface area contributed by atoms with Crippen molar-refractivity contribution in [3.05, 3.63) is 112 Å². The fourth-order valence-electron chi connectivity index (χ4n) is 6.44. The second kappa shape index (κ2) is 16.0. The van der Waals surface area contributed by atoms with Crippen LogP contribution in [-0.4, -0.2) is 9.97 Å². The Labute approximate surface area is 276 Å². The number of alkyl halides is 2. The van der Waals surface area contributed by atoms with Crippen molar-refractivity contribution in [2.24, 2.45) is 5.92 Å². The molecule has 10 heteroatoms. The summed E-state index contributed by atoms with van der Waals surface area (Å²) in [5, 5.41) is 0. The molecule has 0 unspecified atom stereocenters. The molecule has 0 radical (unpaired) electrons. The van der Waals surface area contributed by atoms with Gasteiger partial charge in [0.25, 0.3) is 0 Å². The molecule has 3 nitrogen and oxygen atoms in total. The highest BCUT2D eigenvalue weighted by Crippen LogP contribution is 2.38. The largest absolute Gasteiger partial charge is 0.429 e. The number of nitrogens with zero attached hydrogens (tertiary/aromatic N) is 2. The van der Waals surface area contributed by atoms with E-state index in [4.69, 9.17) is 0 Å². The van der Waals surface area contributed by atoms with E-state index in [1.165, 1.54) is 50.7 Å². The fraction of sp³-hybridized carbons (Fsp3) is 0.421. The van der Waals surface area contributed by atoms with E-state index in [9.17, 15) is 30.7 Å². The van der Waals surface area contributed by atoms with Gasteiger partial charge in [-0.2, -0.15) is 8.78 Å². The summed E-state index contributed by atoms with van der Waals surface area (Å²) in [6.07, 6.45) is 11.3. The van der Waals surface area contributed by atoms with E-state index in [0.29, 0.717) is 54.1 Å². The van der Waals surface area contributed by atoms with E-state index in [0.717, 1.165) is 36.5 Å². The minimum absolute atomic E-state index is 0.251. The normalized spacial score (nSPS) is 16.7. The molecule has 5 rings (SSSR count). The number of benzene rings is 3. The van der Waals surface area contributed by atoms with Crippen molar-refractivity contribution >= 4 is 0 Å². The van der Waals surface area contributed by atoms with Gasteiger partial charge in [-0.1, -0.05) is 50.8 Å². The summed E-state index contributed by atoms with van der Waals surface area (Å²) in [6, 6.07) is 8.48. The van der Waals surface area contributed by atoms with Gasteiger partial charge in [0.05, 0.1) is 5.56 Å². The Kier molecular flexibility index (Phi) is 11.8. The maximum atomic E-state index is 15.0. The third kappa shape index (κ3) is 8.94. The first-order valence-corrected chi connectivity index (χ1v) is 16.6. The van der Waals surface area contributed by atoms with Gasteiger partial charge in [0.15, 0.2) is 23.3 Å². The summed E-state index contributed by atoms with van der Waals surface area (Å²) in [6.45, 7) is 2.23. The number of unbranched alkanes of at least 4 members (excludes halogenated alkanes) is 3. The van der Waals surface area contributed by atoms with E-state index in [-0.39, 0.29) is 17.9 Å². The molecule has 4 aromatic rings. The van der Waals surface area contributed by atoms with Crippen LogP contribution in [0.15, 0.2) is 60.9 Å². The fourth-order valence-corrected chi connectivity index (χ4v) is 6.44. The first-order valence-electron chi connectivity index (χ1n) is 16.6. The third-order valence-corrected chi connectivity index (χ3v) is 9.23. The Morgan fingerprint density at radius 2 is 1.42 bits per heavy atom. The minimum atomic E-state index is -4.27. The van der Waals surface area contributed by atoms with Gasteiger partial charge < -0.3 is 4.74 Å². The lowest BCUT2D eigenvalue weighted by Gasteiger charge is -2.28. The van der Waals surface area contributed by atoms with Crippen LogP contribution in [0.1, 0.15) is 99.3 Å². The van der Waals surface area contributed by atoms with Crippen molar-refractivity contribution in [2.45, 2.75) is 96.0 Å². The van der Waals surface area contributed by atoms with Gasteiger partial charge in [-0.3, -0.25) is 0 Å². The molecule has 0 spiro atoms. The number of aryl methyl sites for hydroxylation is 2. The Bertz CT molecular complexity index is 1650. The molecule has 1 fully saturated rings. The highest BCUT2D eigenvalue weighted by molar-refractivity contribution is 5.55. The van der Waals surface area contributed by atoms with E-state index in [1.807, 2.05) is 12.4 Å². The zero-order chi connectivity index (χ0) is 34.3. The van der Waals surface area contributed by atoms with Crippen LogP contribution in [0.5, 0.6) is 5.75 Å². The average Bonchev–Trinajstić information content (AvgIpc) is 3.06. The zero-order valence-corrected chi connectivity index (χ0v) is 26.9. The molecule has 1 heterocycles. The maximum Gasteiger partial charge on any atom is 0.429 e. The molecule has 256 valence electrons. The molecule has 0 bridgehead atoms. The molecular formula is C38H39F7N2O. The Morgan fingerprint density at radius 3 is 2.06 bits per heavy atom. The SMILES string of the molecule is CCCCCC1CCC(c2cnc(-c3ccc(CCCCc4ccc(C(F)(F)Oc5cc(F)c(F)c(F)c5)c(F)c4)c(F)c3)nc2)CC1. The highest BCUT2D eigenvalue weighted by Gasteiger charge is 2.38. The van der Waals surface area contributed by atoms with Gasteiger partial charge in [-0.05, 0) is 98.1 Å². The quantitative estimate of drug-likeness (QED) is 0.0760. The molecular weight excluding hydrogens is 633 g/mol. The first kappa shape index (κ1) is 35.4. The number of aromatic nitrogens is 2. The molecule has 1 aromatic heterocycles. The van der Waals surface area contributed by atoms with Crippen LogP contribution in [0.2, 0.25) is 0 Å². The van der Waals surface area contributed by atoms with Gasteiger partial charge in [0.1, 0.15) is 17.4 Å². The van der Waals surface area contributed by atoms with Gasteiger partial charge in [-0.25, -0.2) is 31.9 Å². The first-order chi connectivity index (χ1) is 23.0. The standard InChI is InChI=1S/C38H39F7N2O/c1-2-3-4-7-24-10-13-26(14-11-24)29-22-46-37(47-23-29)28-16-15-27(32(39)19-28)9-6-5-8-25-12-17-31(33(40)18-25)38(44,45)48-30-20-34(41)36(43)35(42)21-30/h12,15-24,26H,2-11,13-14H2,1H3. The number of rotatable bonds is 14. The second-order valence-corrected chi connectivity index (χ2v) is 12.7. The average molecular weight is 673 g/mol. The molecule has 0 atom stereocenters. The molecule has 1 saturated carbocycles. The minimum Gasteiger partial charge on any atom is -0.429 e. The predicted molar refractivity (Wildman–Crippen MR) is 170 cm³/mol. The van der Waals surface area contributed by atoms with Crippen molar-refractivity contribution < 1.29 is 35.5 Å². The lowest BCUT2D eigenvalue weighted by Crippen LogP contribution is -2.23. The van der Waals surface area contributed by atoms with Crippen LogP contribution in [-0.2, 0) is 19.0 Å². The van der Waals surface area contributed by atoms with Crippen LogP contribution < -0.4 is 4.74 Å². The second-order valence-electron chi connectivity index (χ2n) is 12.7. The summed E-state index contributed by atoms with van der Waals surface area (Å²) in [4.78, 5) is 9.07. The van der Waals surface area contributed by atoms with Gasteiger partial charge in [0.2, 0.25) is 0 Å². The van der Waals surface area contributed by atoms with Crippen LogP contribution in [0, 0.1) is 35.0 Å². The lowest BCUT2D eigenvalue weighted by molar-refractivity contribution is -0.187. The summed E-state index contributed by atoms with van der Waals surface area (Å²) in [5.41, 5.74) is 1.53. The lowest BCUT2D eigenvalue weighted by atomic mass is 9.77. The van der Waals surface area contributed by atoms with Crippen molar-refractivity contribution in [1.82, 2.24) is 9.97 Å².